The number of hydrogen-bond donors (Lipinski definition) is 1. The van der Waals surface area contributed by atoms with E-state index in [9.17, 15) is 14.7 Å². The molecule has 6 heteroatoms. The van der Waals surface area contributed by atoms with Gasteiger partial charge in [-0.05, 0) is 45.0 Å². The summed E-state index contributed by atoms with van der Waals surface area (Å²) in [6.45, 7) is 3.69. The number of hydrogen-bond acceptors (Lipinski definition) is 6. The molecule has 1 saturated heterocycles. The molecule has 2 rings (SSSR count). The summed E-state index contributed by atoms with van der Waals surface area (Å²) < 4.78 is 10.3. The van der Waals surface area contributed by atoms with E-state index in [1.807, 2.05) is 0 Å². The van der Waals surface area contributed by atoms with Crippen LogP contribution in [0.15, 0.2) is 24.3 Å². The van der Waals surface area contributed by atoms with Crippen LogP contribution in [0.25, 0.3) is 0 Å². The summed E-state index contributed by atoms with van der Waals surface area (Å²) in [6, 6.07) is 6.94. The molecule has 0 aliphatic carbocycles. The van der Waals surface area contributed by atoms with Crippen molar-refractivity contribution in [1.29, 1.82) is 0 Å². The van der Waals surface area contributed by atoms with Crippen LogP contribution in [0, 0.1) is 5.92 Å². The Kier molecular flexibility index (Phi) is 6.75. The molecule has 1 aromatic rings. The molecular weight excluding hydrogens is 310 g/mol. The molecule has 0 unspecified atom stereocenters. The highest BCUT2D eigenvalue weighted by Crippen LogP contribution is 2.19. The predicted octanol–water partition coefficient (Wildman–Crippen LogP) is 1.51. The van der Waals surface area contributed by atoms with Crippen molar-refractivity contribution in [3.05, 3.63) is 29.8 Å². The van der Waals surface area contributed by atoms with E-state index in [1.54, 1.807) is 24.3 Å². The monoisotopic (exact) mass is 335 g/mol. The third kappa shape index (κ3) is 5.32. The third-order valence-electron chi connectivity index (χ3n) is 4.27. The zero-order chi connectivity index (χ0) is 17.5. The lowest BCUT2D eigenvalue weighted by atomic mass is 9.97. The molecule has 0 spiro atoms. The Morgan fingerprint density at radius 3 is 2.67 bits per heavy atom. The van der Waals surface area contributed by atoms with Gasteiger partial charge in [-0.3, -0.25) is 9.59 Å². The van der Waals surface area contributed by atoms with Gasteiger partial charge in [-0.15, -0.1) is 0 Å². The van der Waals surface area contributed by atoms with Crippen molar-refractivity contribution >= 4 is 11.8 Å². The molecule has 0 aromatic heterocycles. The summed E-state index contributed by atoms with van der Waals surface area (Å²) in [6.07, 6.45) is 0.877. The second kappa shape index (κ2) is 8.80. The molecule has 1 heterocycles. The van der Waals surface area contributed by atoms with E-state index < -0.39 is 6.10 Å². The van der Waals surface area contributed by atoms with Gasteiger partial charge < -0.3 is 19.5 Å². The number of ketones is 1. The van der Waals surface area contributed by atoms with Gasteiger partial charge in [0.2, 0.25) is 0 Å². The lowest BCUT2D eigenvalue weighted by Gasteiger charge is -2.31. The number of benzene rings is 1. The van der Waals surface area contributed by atoms with Crippen molar-refractivity contribution in [1.82, 2.24) is 4.90 Å². The smallest absolute Gasteiger partial charge is 0.308 e. The molecule has 132 valence electrons. The van der Waals surface area contributed by atoms with E-state index in [1.165, 1.54) is 14.0 Å². The molecule has 1 fully saturated rings. The van der Waals surface area contributed by atoms with Crippen LogP contribution in [0.1, 0.15) is 30.1 Å². The van der Waals surface area contributed by atoms with Crippen LogP contribution >= 0.6 is 0 Å². The van der Waals surface area contributed by atoms with Crippen LogP contribution in [0.3, 0.4) is 0 Å². The Morgan fingerprint density at radius 1 is 1.33 bits per heavy atom. The highest BCUT2D eigenvalue weighted by atomic mass is 16.5. The van der Waals surface area contributed by atoms with Crippen LogP contribution in [0.2, 0.25) is 0 Å². The topological polar surface area (TPSA) is 76.1 Å². The second-order valence-corrected chi connectivity index (χ2v) is 6.15. The van der Waals surface area contributed by atoms with Gasteiger partial charge in [0.1, 0.15) is 18.5 Å². The molecule has 24 heavy (non-hydrogen) atoms. The molecule has 1 aliphatic rings. The summed E-state index contributed by atoms with van der Waals surface area (Å²) in [5.41, 5.74) is 0.590. The number of esters is 1. The molecule has 6 nitrogen and oxygen atoms in total. The summed E-state index contributed by atoms with van der Waals surface area (Å²) >= 11 is 0. The number of methoxy groups -OCH3 is 1. The van der Waals surface area contributed by atoms with E-state index in [-0.39, 0.29) is 24.3 Å². The minimum absolute atomic E-state index is 0.0190. The second-order valence-electron chi connectivity index (χ2n) is 6.15. The van der Waals surface area contributed by atoms with Crippen molar-refractivity contribution in [2.75, 3.05) is 33.4 Å². The van der Waals surface area contributed by atoms with Gasteiger partial charge in [0.25, 0.3) is 0 Å². The predicted molar refractivity (Wildman–Crippen MR) is 89.1 cm³/mol. The number of ether oxygens (including phenoxy) is 2. The van der Waals surface area contributed by atoms with Gasteiger partial charge in [-0.25, -0.2) is 0 Å². The molecular formula is C18H25NO5. The fourth-order valence-corrected chi connectivity index (χ4v) is 2.87. The Hall–Kier alpha value is -1.92. The summed E-state index contributed by atoms with van der Waals surface area (Å²) in [7, 11) is 1.41. The Morgan fingerprint density at radius 2 is 2.04 bits per heavy atom. The van der Waals surface area contributed by atoms with Crippen LogP contribution < -0.4 is 4.74 Å². The Labute approximate surface area is 142 Å². The van der Waals surface area contributed by atoms with Crippen molar-refractivity contribution < 1.29 is 24.2 Å². The van der Waals surface area contributed by atoms with Gasteiger partial charge in [-0.2, -0.15) is 0 Å². The van der Waals surface area contributed by atoms with Crippen molar-refractivity contribution in [3.8, 4) is 5.75 Å². The standard InChI is InChI=1S/C18H25NO5/c1-13(20)15-4-3-5-17(10-15)24-12-16(21)11-19-8-6-14(7-9-19)18(22)23-2/h3-5,10,14,16,21H,6-9,11-12H2,1-2H3/t16-/m0/s1. The van der Waals surface area contributed by atoms with Gasteiger partial charge in [0, 0.05) is 12.1 Å². The number of nitrogens with zero attached hydrogens (tertiary/aromatic N) is 1. The van der Waals surface area contributed by atoms with E-state index in [0.717, 1.165) is 25.9 Å². The number of piperidine rings is 1. The third-order valence-corrected chi connectivity index (χ3v) is 4.27. The SMILES string of the molecule is COC(=O)C1CCN(C[C@H](O)COc2cccc(C(C)=O)c2)CC1. The van der Waals surface area contributed by atoms with Gasteiger partial charge in [0.15, 0.2) is 5.78 Å². The molecule has 0 bridgehead atoms. The number of aliphatic hydroxyl groups excluding tert-OH is 1. The largest absolute Gasteiger partial charge is 0.491 e. The zero-order valence-corrected chi connectivity index (χ0v) is 14.2. The Bertz CT molecular complexity index is 566. The minimum atomic E-state index is -0.624. The summed E-state index contributed by atoms with van der Waals surface area (Å²) in [5, 5.41) is 10.1. The maximum Gasteiger partial charge on any atom is 0.308 e. The fourth-order valence-electron chi connectivity index (χ4n) is 2.87. The molecule has 0 radical (unpaired) electrons. The first-order valence-corrected chi connectivity index (χ1v) is 8.21. The van der Waals surface area contributed by atoms with E-state index in [0.29, 0.717) is 17.9 Å². The lowest BCUT2D eigenvalue weighted by molar-refractivity contribution is -0.147. The maximum atomic E-state index is 11.5. The van der Waals surface area contributed by atoms with Crippen LogP contribution in [-0.4, -0.2) is 61.2 Å². The van der Waals surface area contributed by atoms with E-state index in [4.69, 9.17) is 9.47 Å². The average molecular weight is 335 g/mol. The first kappa shape index (κ1) is 18.4. The van der Waals surface area contributed by atoms with Gasteiger partial charge in [0.05, 0.1) is 13.0 Å². The van der Waals surface area contributed by atoms with Crippen LogP contribution in [0.4, 0.5) is 0 Å². The normalized spacial score (nSPS) is 17.3. The number of aliphatic hydroxyl groups is 1. The van der Waals surface area contributed by atoms with Crippen molar-refractivity contribution in [2.24, 2.45) is 5.92 Å². The molecule has 1 aliphatic heterocycles. The number of rotatable bonds is 7. The highest BCUT2D eigenvalue weighted by Gasteiger charge is 2.26. The maximum absolute atomic E-state index is 11.5. The quantitative estimate of drug-likeness (QED) is 0.601. The molecule has 0 saturated carbocycles. The Balaban J connectivity index is 1.74. The number of carbonyl (C=O) groups excluding carboxylic acids is 2. The van der Waals surface area contributed by atoms with Gasteiger partial charge in [-0.1, -0.05) is 12.1 Å². The van der Waals surface area contributed by atoms with E-state index >= 15 is 0 Å². The fraction of sp³-hybridized carbons (Fsp3) is 0.556. The minimum Gasteiger partial charge on any atom is -0.491 e. The first-order valence-electron chi connectivity index (χ1n) is 8.21. The average Bonchev–Trinajstić information content (AvgIpc) is 2.60. The summed E-state index contributed by atoms with van der Waals surface area (Å²) in [4.78, 5) is 25.0. The number of carbonyl (C=O) groups is 2. The van der Waals surface area contributed by atoms with Crippen LogP contribution in [0.5, 0.6) is 5.75 Å². The molecule has 0 amide bonds. The lowest BCUT2D eigenvalue weighted by Crippen LogP contribution is -2.42. The summed E-state index contributed by atoms with van der Waals surface area (Å²) in [5.74, 6) is 0.374. The number of likely N-dealkylation sites (tertiary alicyclic amines) is 1. The molecule has 1 atom stereocenters. The first-order chi connectivity index (χ1) is 11.5. The molecule has 1 aromatic carbocycles. The number of Topliss-reactive ketones (excluding diaryl/α,β-unsaturated/α-hetero) is 1. The van der Waals surface area contributed by atoms with Gasteiger partial charge >= 0.3 is 5.97 Å². The highest BCUT2D eigenvalue weighted by molar-refractivity contribution is 5.94. The van der Waals surface area contributed by atoms with E-state index in [2.05, 4.69) is 4.90 Å². The van der Waals surface area contributed by atoms with Crippen molar-refractivity contribution in [2.45, 2.75) is 25.9 Å². The molecule has 1 N–H and O–H groups in total. The number of β-amino-alcohol motifs (C(OH)–C–C–N with tert-alkyl or cyclic N) is 1. The van der Waals surface area contributed by atoms with Crippen LogP contribution in [-0.2, 0) is 9.53 Å². The zero-order valence-electron chi connectivity index (χ0n) is 14.2. The van der Waals surface area contributed by atoms with Crippen molar-refractivity contribution in [3.63, 3.8) is 0 Å².